The maximum Gasteiger partial charge on any atom is 0.223 e. The van der Waals surface area contributed by atoms with Crippen LogP contribution in [0.25, 0.3) is 0 Å². The lowest BCUT2D eigenvalue weighted by molar-refractivity contribution is -0.124. The Morgan fingerprint density at radius 2 is 1.85 bits per heavy atom. The lowest BCUT2D eigenvalue weighted by atomic mass is 9.92. The van der Waals surface area contributed by atoms with Crippen molar-refractivity contribution in [3.05, 3.63) is 0 Å². The van der Waals surface area contributed by atoms with Gasteiger partial charge in [-0.05, 0) is 25.7 Å². The van der Waals surface area contributed by atoms with E-state index in [0.717, 1.165) is 38.5 Å². The van der Waals surface area contributed by atoms with Gasteiger partial charge in [0.1, 0.15) is 0 Å². The van der Waals surface area contributed by atoms with Crippen LogP contribution in [-0.4, -0.2) is 23.2 Å². The molecule has 3 nitrogen and oxygen atoms in total. The molecule has 0 aromatic rings. The van der Waals surface area contributed by atoms with Crippen LogP contribution in [0.3, 0.4) is 0 Å². The highest BCUT2D eigenvalue weighted by Gasteiger charge is 2.33. The Morgan fingerprint density at radius 3 is 2.46 bits per heavy atom. The van der Waals surface area contributed by atoms with Gasteiger partial charge in [0.25, 0.3) is 0 Å². The lowest BCUT2D eigenvalue weighted by Crippen LogP contribution is -2.45. The van der Waals surface area contributed by atoms with Crippen molar-refractivity contribution in [2.24, 2.45) is 5.92 Å². The zero-order valence-corrected chi connectivity index (χ0v) is 7.83. The largest absolute Gasteiger partial charge is 0.391 e. The standard InChI is InChI=1S/C10H17NO2/c12-9-4-2-1-3-8(9)11-10(13)7-5-6-7/h7-9,12H,1-6H2,(H,11,13)/t8-,9+/m0/s1. The molecule has 2 N–H and O–H groups in total. The van der Waals surface area contributed by atoms with E-state index in [0.29, 0.717) is 0 Å². The predicted molar refractivity (Wildman–Crippen MR) is 49.1 cm³/mol. The first-order valence-corrected chi connectivity index (χ1v) is 5.26. The van der Waals surface area contributed by atoms with Crippen molar-refractivity contribution in [1.82, 2.24) is 5.32 Å². The van der Waals surface area contributed by atoms with Gasteiger partial charge in [0.05, 0.1) is 12.1 Å². The van der Waals surface area contributed by atoms with E-state index in [9.17, 15) is 9.90 Å². The van der Waals surface area contributed by atoms with Crippen LogP contribution in [0, 0.1) is 5.92 Å². The Balaban J connectivity index is 1.81. The van der Waals surface area contributed by atoms with E-state index < -0.39 is 0 Å². The van der Waals surface area contributed by atoms with E-state index in [4.69, 9.17) is 0 Å². The van der Waals surface area contributed by atoms with E-state index in [-0.39, 0.29) is 24.0 Å². The van der Waals surface area contributed by atoms with E-state index in [2.05, 4.69) is 5.32 Å². The molecule has 3 heteroatoms. The maximum atomic E-state index is 11.4. The third-order valence-corrected chi connectivity index (χ3v) is 3.01. The van der Waals surface area contributed by atoms with E-state index in [1.165, 1.54) is 0 Å². The summed E-state index contributed by atoms with van der Waals surface area (Å²) in [5, 5.41) is 12.5. The molecule has 0 aliphatic heterocycles. The van der Waals surface area contributed by atoms with Crippen LogP contribution in [0.4, 0.5) is 0 Å². The van der Waals surface area contributed by atoms with E-state index in [1.807, 2.05) is 0 Å². The molecule has 0 saturated heterocycles. The SMILES string of the molecule is O=C(N[C@H]1CCCC[C@H]1O)C1CC1. The number of rotatable bonds is 2. The number of amides is 1. The maximum absolute atomic E-state index is 11.4. The van der Waals surface area contributed by atoms with Gasteiger partial charge < -0.3 is 10.4 Å². The number of hydrogen-bond donors (Lipinski definition) is 2. The van der Waals surface area contributed by atoms with Crippen LogP contribution in [0.5, 0.6) is 0 Å². The summed E-state index contributed by atoms with van der Waals surface area (Å²) < 4.78 is 0. The van der Waals surface area contributed by atoms with E-state index in [1.54, 1.807) is 0 Å². The second kappa shape index (κ2) is 3.66. The number of carbonyl (C=O) groups excluding carboxylic acids is 1. The summed E-state index contributed by atoms with van der Waals surface area (Å²) in [6.07, 6.45) is 5.78. The van der Waals surface area contributed by atoms with Gasteiger partial charge in [0.2, 0.25) is 5.91 Å². The Bertz CT molecular complexity index is 201. The number of nitrogens with one attached hydrogen (secondary N) is 1. The van der Waals surface area contributed by atoms with Crippen LogP contribution in [0.15, 0.2) is 0 Å². The molecule has 2 aliphatic carbocycles. The van der Waals surface area contributed by atoms with Gasteiger partial charge in [-0.2, -0.15) is 0 Å². The number of aliphatic hydroxyl groups excluding tert-OH is 1. The smallest absolute Gasteiger partial charge is 0.223 e. The molecule has 0 aromatic carbocycles. The molecule has 2 aliphatic rings. The summed E-state index contributed by atoms with van der Waals surface area (Å²) >= 11 is 0. The molecule has 1 amide bonds. The third-order valence-electron chi connectivity index (χ3n) is 3.01. The quantitative estimate of drug-likeness (QED) is 0.665. The molecule has 2 fully saturated rings. The number of carbonyl (C=O) groups is 1. The van der Waals surface area contributed by atoms with Crippen LogP contribution < -0.4 is 5.32 Å². The van der Waals surface area contributed by atoms with Crippen LogP contribution >= 0.6 is 0 Å². The third kappa shape index (κ3) is 2.21. The molecular formula is C10H17NO2. The summed E-state index contributed by atoms with van der Waals surface area (Å²) in [6.45, 7) is 0. The molecule has 2 atom stereocenters. The van der Waals surface area contributed by atoms with Gasteiger partial charge in [-0.15, -0.1) is 0 Å². The Morgan fingerprint density at radius 1 is 1.15 bits per heavy atom. The molecule has 0 bridgehead atoms. The zero-order chi connectivity index (χ0) is 9.26. The average Bonchev–Trinajstić information content (AvgIpc) is 2.91. The molecule has 2 saturated carbocycles. The van der Waals surface area contributed by atoms with Gasteiger partial charge in [0.15, 0.2) is 0 Å². The minimum Gasteiger partial charge on any atom is -0.391 e. The summed E-state index contributed by atoms with van der Waals surface area (Å²) in [4.78, 5) is 11.4. The molecule has 2 rings (SSSR count). The average molecular weight is 183 g/mol. The minimum absolute atomic E-state index is 0.0295. The van der Waals surface area contributed by atoms with Gasteiger partial charge in [-0.3, -0.25) is 4.79 Å². The predicted octanol–water partition coefficient (Wildman–Crippen LogP) is 0.816. The van der Waals surface area contributed by atoms with Crippen molar-refractivity contribution in [3.63, 3.8) is 0 Å². The first kappa shape index (κ1) is 9.00. The topological polar surface area (TPSA) is 49.3 Å². The summed E-state index contributed by atoms with van der Waals surface area (Å²) in [6, 6.07) is 0.0295. The fraction of sp³-hybridized carbons (Fsp3) is 0.900. The van der Waals surface area contributed by atoms with Crippen LogP contribution in [0.1, 0.15) is 38.5 Å². The Hall–Kier alpha value is -0.570. The van der Waals surface area contributed by atoms with Crippen molar-refractivity contribution < 1.29 is 9.90 Å². The normalized spacial score (nSPS) is 34.2. The van der Waals surface area contributed by atoms with Crippen LogP contribution in [0.2, 0.25) is 0 Å². The zero-order valence-electron chi connectivity index (χ0n) is 7.83. The second-order valence-corrected chi connectivity index (χ2v) is 4.24. The lowest BCUT2D eigenvalue weighted by Gasteiger charge is -2.28. The first-order chi connectivity index (χ1) is 6.27. The molecule has 0 spiro atoms. The minimum atomic E-state index is -0.309. The molecular weight excluding hydrogens is 166 g/mol. The van der Waals surface area contributed by atoms with Crippen molar-refractivity contribution in [2.75, 3.05) is 0 Å². The van der Waals surface area contributed by atoms with Gasteiger partial charge in [0, 0.05) is 5.92 Å². The fourth-order valence-electron chi connectivity index (χ4n) is 1.93. The molecule has 0 unspecified atom stereocenters. The second-order valence-electron chi connectivity index (χ2n) is 4.24. The molecule has 0 heterocycles. The molecule has 74 valence electrons. The van der Waals surface area contributed by atoms with Gasteiger partial charge in [-0.25, -0.2) is 0 Å². The van der Waals surface area contributed by atoms with Crippen molar-refractivity contribution in [3.8, 4) is 0 Å². The van der Waals surface area contributed by atoms with Gasteiger partial charge >= 0.3 is 0 Å². The molecule has 13 heavy (non-hydrogen) atoms. The monoisotopic (exact) mass is 183 g/mol. The number of hydrogen-bond acceptors (Lipinski definition) is 2. The van der Waals surface area contributed by atoms with Crippen molar-refractivity contribution in [2.45, 2.75) is 50.7 Å². The highest BCUT2D eigenvalue weighted by Crippen LogP contribution is 2.29. The highest BCUT2D eigenvalue weighted by atomic mass is 16.3. The van der Waals surface area contributed by atoms with Gasteiger partial charge in [-0.1, -0.05) is 12.8 Å². The Labute approximate surface area is 78.5 Å². The Kier molecular flexibility index (Phi) is 2.54. The molecule has 0 radical (unpaired) electrons. The summed E-state index contributed by atoms with van der Waals surface area (Å²) in [5.74, 6) is 0.417. The van der Waals surface area contributed by atoms with Crippen LogP contribution in [-0.2, 0) is 4.79 Å². The molecule has 0 aromatic heterocycles. The van der Waals surface area contributed by atoms with E-state index >= 15 is 0 Å². The first-order valence-electron chi connectivity index (χ1n) is 5.26. The summed E-state index contributed by atoms with van der Waals surface area (Å²) in [7, 11) is 0. The summed E-state index contributed by atoms with van der Waals surface area (Å²) in [5.41, 5.74) is 0. The fourth-order valence-corrected chi connectivity index (χ4v) is 1.93. The highest BCUT2D eigenvalue weighted by molar-refractivity contribution is 5.81. The van der Waals surface area contributed by atoms with Crippen molar-refractivity contribution >= 4 is 5.91 Å². The van der Waals surface area contributed by atoms with Crippen molar-refractivity contribution in [1.29, 1.82) is 0 Å². The number of aliphatic hydroxyl groups is 1.